The molecule has 0 spiro atoms. The Labute approximate surface area is 173 Å². The van der Waals surface area contributed by atoms with Gasteiger partial charge in [-0.05, 0) is 25.8 Å². The Morgan fingerprint density at radius 2 is 1.97 bits per heavy atom. The van der Waals surface area contributed by atoms with Crippen LogP contribution in [0.1, 0.15) is 30.2 Å². The monoisotopic (exact) mass is 428 g/mol. The van der Waals surface area contributed by atoms with Gasteiger partial charge in [-0.1, -0.05) is 41.1 Å². The highest BCUT2D eigenvalue weighted by molar-refractivity contribution is 7.89. The Morgan fingerprint density at radius 3 is 2.70 bits per heavy atom. The molecule has 1 unspecified atom stereocenters. The summed E-state index contributed by atoms with van der Waals surface area (Å²) in [7, 11) is -3.87. The van der Waals surface area contributed by atoms with Crippen LogP contribution in [0.3, 0.4) is 0 Å². The summed E-state index contributed by atoms with van der Waals surface area (Å²) in [6.45, 7) is 2.50. The number of aryl methyl sites for hydroxylation is 1. The zero-order chi connectivity index (χ0) is 21.3. The number of rotatable bonds is 5. The van der Waals surface area contributed by atoms with Gasteiger partial charge in [0, 0.05) is 30.8 Å². The average molecular weight is 428 g/mol. The molecule has 1 atom stereocenters. The molecule has 3 aromatic rings. The Hall–Kier alpha value is -3.11. The van der Waals surface area contributed by atoms with E-state index in [1.54, 1.807) is 0 Å². The predicted molar refractivity (Wildman–Crippen MR) is 108 cm³/mol. The van der Waals surface area contributed by atoms with Crippen molar-refractivity contribution in [3.05, 3.63) is 70.1 Å². The molecule has 0 bridgehead atoms. The number of hydrogen-bond acceptors (Lipinski definition) is 7. The van der Waals surface area contributed by atoms with E-state index in [-0.39, 0.29) is 23.0 Å². The zero-order valence-electron chi connectivity index (χ0n) is 16.3. The molecule has 1 aliphatic heterocycles. The van der Waals surface area contributed by atoms with Crippen molar-refractivity contribution in [3.63, 3.8) is 0 Å². The van der Waals surface area contributed by atoms with Crippen LogP contribution in [0, 0.1) is 17.0 Å². The Kier molecular flexibility index (Phi) is 5.35. The number of nitrogens with zero attached hydrogens (tertiary/aromatic N) is 4. The van der Waals surface area contributed by atoms with Crippen LogP contribution in [0.5, 0.6) is 0 Å². The SMILES string of the molecule is Cc1ccc(-c2noc(C3CCCN(S(=O)(=O)c4cccc([N+](=O)[O-])c4)C3)n2)cc1. The number of nitro benzene ring substituents is 1. The molecule has 0 saturated carbocycles. The minimum atomic E-state index is -3.87. The fraction of sp³-hybridized carbons (Fsp3) is 0.300. The first-order valence-corrected chi connectivity index (χ1v) is 10.9. The average Bonchev–Trinajstić information content (AvgIpc) is 3.25. The lowest BCUT2D eigenvalue weighted by atomic mass is 10.00. The van der Waals surface area contributed by atoms with Crippen LogP contribution in [0.15, 0.2) is 57.9 Å². The summed E-state index contributed by atoms with van der Waals surface area (Å²) in [5, 5.41) is 15.0. The van der Waals surface area contributed by atoms with Gasteiger partial charge >= 0.3 is 0 Å². The van der Waals surface area contributed by atoms with Gasteiger partial charge in [0.2, 0.25) is 21.7 Å². The first-order chi connectivity index (χ1) is 14.3. The van der Waals surface area contributed by atoms with Crippen LogP contribution < -0.4 is 0 Å². The topological polar surface area (TPSA) is 119 Å². The van der Waals surface area contributed by atoms with E-state index in [9.17, 15) is 18.5 Å². The molecule has 0 amide bonds. The van der Waals surface area contributed by atoms with Gasteiger partial charge in [0.05, 0.1) is 15.7 Å². The summed E-state index contributed by atoms with van der Waals surface area (Å²) >= 11 is 0. The van der Waals surface area contributed by atoms with Crippen LogP contribution in [0.4, 0.5) is 5.69 Å². The van der Waals surface area contributed by atoms with Gasteiger partial charge < -0.3 is 4.52 Å². The Bertz CT molecular complexity index is 1170. The smallest absolute Gasteiger partial charge is 0.270 e. The van der Waals surface area contributed by atoms with Crippen molar-refractivity contribution < 1.29 is 17.9 Å². The third kappa shape index (κ3) is 3.96. The van der Waals surface area contributed by atoms with Gasteiger partial charge in [0.15, 0.2) is 0 Å². The molecular weight excluding hydrogens is 408 g/mol. The van der Waals surface area contributed by atoms with Crippen LogP contribution >= 0.6 is 0 Å². The quantitative estimate of drug-likeness (QED) is 0.450. The Morgan fingerprint density at radius 1 is 1.20 bits per heavy atom. The van der Waals surface area contributed by atoms with Gasteiger partial charge in [-0.25, -0.2) is 8.42 Å². The lowest BCUT2D eigenvalue weighted by Crippen LogP contribution is -2.39. The van der Waals surface area contributed by atoms with E-state index in [0.29, 0.717) is 24.7 Å². The molecule has 1 aliphatic rings. The largest absolute Gasteiger partial charge is 0.339 e. The molecule has 0 N–H and O–H groups in total. The normalized spacial score (nSPS) is 17.7. The molecule has 4 rings (SSSR count). The predicted octanol–water partition coefficient (Wildman–Crippen LogP) is 3.52. The lowest BCUT2D eigenvalue weighted by molar-refractivity contribution is -0.385. The zero-order valence-corrected chi connectivity index (χ0v) is 17.1. The van der Waals surface area contributed by atoms with Crippen LogP contribution in [-0.4, -0.2) is 40.9 Å². The molecule has 2 aromatic carbocycles. The molecule has 0 radical (unpaired) electrons. The summed E-state index contributed by atoms with van der Waals surface area (Å²) in [4.78, 5) is 14.8. The standard InChI is InChI=1S/C20H20N4O5S/c1-14-7-9-15(10-8-14)19-21-20(29-22-19)16-4-3-11-23(13-16)30(27,28)18-6-2-5-17(12-18)24(25)26/h2,5-10,12,16H,3-4,11,13H2,1H3. The van der Waals surface area contributed by atoms with Gasteiger partial charge in [-0.15, -0.1) is 0 Å². The second-order valence-electron chi connectivity index (χ2n) is 7.28. The van der Waals surface area contributed by atoms with Crippen molar-refractivity contribution in [1.29, 1.82) is 0 Å². The molecule has 1 saturated heterocycles. The fourth-order valence-electron chi connectivity index (χ4n) is 3.49. The molecule has 10 heteroatoms. The van der Waals surface area contributed by atoms with E-state index < -0.39 is 14.9 Å². The minimum absolute atomic E-state index is 0.0942. The maximum atomic E-state index is 13.0. The van der Waals surface area contributed by atoms with Crippen LogP contribution in [-0.2, 0) is 10.0 Å². The van der Waals surface area contributed by atoms with Crippen LogP contribution in [0.25, 0.3) is 11.4 Å². The summed E-state index contributed by atoms with van der Waals surface area (Å²) in [6.07, 6.45) is 1.34. The molecule has 156 valence electrons. The fourth-order valence-corrected chi connectivity index (χ4v) is 5.05. The summed E-state index contributed by atoms with van der Waals surface area (Å²) in [5.41, 5.74) is 1.69. The molecular formula is C20H20N4O5S. The highest BCUT2D eigenvalue weighted by atomic mass is 32.2. The summed E-state index contributed by atoms with van der Waals surface area (Å²) < 4.78 is 32.8. The Balaban J connectivity index is 1.55. The number of non-ortho nitro benzene ring substituents is 1. The van der Waals surface area contributed by atoms with Gasteiger partial charge in [-0.3, -0.25) is 10.1 Å². The molecule has 1 fully saturated rings. The maximum absolute atomic E-state index is 13.0. The maximum Gasteiger partial charge on any atom is 0.270 e. The lowest BCUT2D eigenvalue weighted by Gasteiger charge is -2.30. The van der Waals surface area contributed by atoms with Gasteiger partial charge in [0.1, 0.15) is 0 Å². The van der Waals surface area contributed by atoms with Crippen molar-refractivity contribution in [2.24, 2.45) is 0 Å². The van der Waals surface area contributed by atoms with Gasteiger partial charge in [-0.2, -0.15) is 9.29 Å². The molecule has 30 heavy (non-hydrogen) atoms. The van der Waals surface area contributed by atoms with Crippen molar-refractivity contribution in [3.8, 4) is 11.4 Å². The molecule has 2 heterocycles. The van der Waals surface area contributed by atoms with Crippen molar-refractivity contribution in [2.75, 3.05) is 13.1 Å². The van der Waals surface area contributed by atoms with E-state index in [4.69, 9.17) is 4.52 Å². The summed E-state index contributed by atoms with van der Waals surface area (Å²) in [6, 6.07) is 12.8. The van der Waals surface area contributed by atoms with E-state index in [1.807, 2.05) is 31.2 Å². The van der Waals surface area contributed by atoms with E-state index in [0.717, 1.165) is 23.6 Å². The third-order valence-corrected chi connectivity index (χ3v) is 7.01. The number of aromatic nitrogens is 2. The molecule has 0 aliphatic carbocycles. The first kappa shape index (κ1) is 20.2. The molecule has 9 nitrogen and oxygen atoms in total. The minimum Gasteiger partial charge on any atom is -0.339 e. The van der Waals surface area contributed by atoms with E-state index >= 15 is 0 Å². The number of sulfonamides is 1. The summed E-state index contributed by atoms with van der Waals surface area (Å²) in [5.74, 6) is 0.618. The van der Waals surface area contributed by atoms with E-state index in [1.165, 1.54) is 22.5 Å². The van der Waals surface area contributed by atoms with Crippen molar-refractivity contribution in [1.82, 2.24) is 14.4 Å². The third-order valence-electron chi connectivity index (χ3n) is 5.15. The van der Waals surface area contributed by atoms with E-state index in [2.05, 4.69) is 10.1 Å². The number of hydrogen-bond donors (Lipinski definition) is 0. The van der Waals surface area contributed by atoms with Crippen molar-refractivity contribution in [2.45, 2.75) is 30.6 Å². The number of benzene rings is 2. The highest BCUT2D eigenvalue weighted by Gasteiger charge is 2.34. The van der Waals surface area contributed by atoms with Crippen molar-refractivity contribution >= 4 is 15.7 Å². The highest BCUT2D eigenvalue weighted by Crippen LogP contribution is 2.31. The molecule has 1 aromatic heterocycles. The number of piperidine rings is 1. The van der Waals surface area contributed by atoms with Crippen LogP contribution in [0.2, 0.25) is 0 Å². The van der Waals surface area contributed by atoms with Gasteiger partial charge in [0.25, 0.3) is 5.69 Å². The first-order valence-electron chi connectivity index (χ1n) is 9.50. The number of nitro groups is 1. The second kappa shape index (κ2) is 7.96. The second-order valence-corrected chi connectivity index (χ2v) is 9.22.